The standard InChI is InChI=1S/C26H44N2O/c1-16(27)23-21(29)15-26(5)20-10-9-19-17(14-18(20)12-13-25(23,26)4)8-11-22(28(6)7)24(19,2)3/h12,14,16,19-23,29H,8-11,13,15,27H2,1-7H3. The second kappa shape index (κ2) is 6.93. The van der Waals surface area contributed by atoms with Gasteiger partial charge < -0.3 is 15.7 Å². The van der Waals surface area contributed by atoms with Gasteiger partial charge in [-0.25, -0.2) is 0 Å². The number of hydrogen-bond donors (Lipinski definition) is 2. The van der Waals surface area contributed by atoms with Crippen molar-refractivity contribution in [3.63, 3.8) is 0 Å². The molecule has 3 heteroatoms. The highest BCUT2D eigenvalue weighted by molar-refractivity contribution is 5.37. The fourth-order valence-electron chi connectivity index (χ4n) is 8.69. The summed E-state index contributed by atoms with van der Waals surface area (Å²) in [4.78, 5) is 2.45. The van der Waals surface area contributed by atoms with Crippen LogP contribution in [0.15, 0.2) is 23.3 Å². The Labute approximate surface area is 178 Å². The third-order valence-electron chi connectivity index (χ3n) is 10.2. The Morgan fingerprint density at radius 3 is 2.34 bits per heavy atom. The van der Waals surface area contributed by atoms with Crippen LogP contribution in [0.25, 0.3) is 0 Å². The van der Waals surface area contributed by atoms with Crippen LogP contribution in [-0.2, 0) is 0 Å². The Hall–Kier alpha value is -0.640. The second-order valence-corrected chi connectivity index (χ2v) is 12.1. The molecule has 0 aliphatic heterocycles. The first-order chi connectivity index (χ1) is 13.4. The average Bonchev–Trinajstić information content (AvgIpc) is 2.71. The zero-order valence-electron chi connectivity index (χ0n) is 19.8. The van der Waals surface area contributed by atoms with E-state index in [1.54, 1.807) is 11.1 Å². The highest BCUT2D eigenvalue weighted by atomic mass is 16.3. The maximum atomic E-state index is 11.0. The molecule has 0 aromatic heterocycles. The van der Waals surface area contributed by atoms with Gasteiger partial charge in [-0.1, -0.05) is 45.4 Å². The average molecular weight is 401 g/mol. The minimum atomic E-state index is -0.273. The van der Waals surface area contributed by atoms with Crippen LogP contribution in [0.1, 0.15) is 73.1 Å². The molecule has 0 radical (unpaired) electrons. The number of aliphatic hydroxyl groups excluding tert-OH is 1. The van der Waals surface area contributed by atoms with Crippen LogP contribution in [0.5, 0.6) is 0 Å². The molecule has 4 aliphatic rings. The second-order valence-electron chi connectivity index (χ2n) is 12.1. The molecule has 2 fully saturated rings. The molecular weight excluding hydrogens is 356 g/mol. The Bertz CT molecular complexity index is 720. The van der Waals surface area contributed by atoms with Crippen LogP contribution in [0.4, 0.5) is 0 Å². The van der Waals surface area contributed by atoms with Crippen LogP contribution in [-0.4, -0.2) is 42.3 Å². The molecule has 8 unspecified atom stereocenters. The Morgan fingerprint density at radius 2 is 1.72 bits per heavy atom. The van der Waals surface area contributed by atoms with E-state index in [1.807, 2.05) is 0 Å². The molecule has 2 saturated carbocycles. The predicted octanol–water partition coefficient (Wildman–Crippen LogP) is 4.76. The summed E-state index contributed by atoms with van der Waals surface area (Å²) in [7, 11) is 4.50. The van der Waals surface area contributed by atoms with Gasteiger partial charge >= 0.3 is 0 Å². The van der Waals surface area contributed by atoms with Crippen molar-refractivity contribution in [2.24, 2.45) is 39.7 Å². The first-order valence-corrected chi connectivity index (χ1v) is 11.9. The van der Waals surface area contributed by atoms with Gasteiger partial charge in [0.1, 0.15) is 0 Å². The molecule has 29 heavy (non-hydrogen) atoms. The van der Waals surface area contributed by atoms with E-state index in [9.17, 15) is 5.11 Å². The zero-order chi connectivity index (χ0) is 21.4. The lowest BCUT2D eigenvalue weighted by atomic mass is 9.51. The van der Waals surface area contributed by atoms with Gasteiger partial charge in [-0.2, -0.15) is 0 Å². The maximum Gasteiger partial charge on any atom is 0.0594 e. The van der Waals surface area contributed by atoms with Gasteiger partial charge in [0.25, 0.3) is 0 Å². The third-order valence-corrected chi connectivity index (χ3v) is 10.2. The summed E-state index contributed by atoms with van der Waals surface area (Å²) in [5.41, 5.74) is 10.2. The van der Waals surface area contributed by atoms with Crippen molar-refractivity contribution >= 4 is 0 Å². The number of hydrogen-bond acceptors (Lipinski definition) is 3. The molecule has 164 valence electrons. The highest BCUT2D eigenvalue weighted by Crippen LogP contribution is 2.67. The quantitative estimate of drug-likeness (QED) is 0.702. The van der Waals surface area contributed by atoms with Gasteiger partial charge in [-0.15, -0.1) is 0 Å². The lowest BCUT2D eigenvalue weighted by molar-refractivity contribution is -0.00379. The van der Waals surface area contributed by atoms with E-state index in [2.05, 4.69) is 65.8 Å². The summed E-state index contributed by atoms with van der Waals surface area (Å²) in [5, 5.41) is 11.0. The van der Waals surface area contributed by atoms with Crippen LogP contribution >= 0.6 is 0 Å². The number of nitrogens with zero attached hydrogens (tertiary/aromatic N) is 1. The van der Waals surface area contributed by atoms with Gasteiger partial charge in [0.15, 0.2) is 0 Å². The van der Waals surface area contributed by atoms with E-state index in [-0.39, 0.29) is 28.9 Å². The van der Waals surface area contributed by atoms with Crippen molar-refractivity contribution in [1.82, 2.24) is 4.90 Å². The van der Waals surface area contributed by atoms with Crippen LogP contribution in [0.2, 0.25) is 0 Å². The summed E-state index contributed by atoms with van der Waals surface area (Å²) in [5.74, 6) is 1.41. The number of aliphatic hydroxyl groups is 1. The van der Waals surface area contributed by atoms with Gasteiger partial charge in [0.2, 0.25) is 0 Å². The summed E-state index contributed by atoms with van der Waals surface area (Å²) in [6.45, 7) is 12.0. The summed E-state index contributed by atoms with van der Waals surface area (Å²) in [6, 6.07) is 0.689. The molecule has 0 saturated heterocycles. The van der Waals surface area contributed by atoms with E-state index in [1.165, 1.54) is 25.7 Å². The molecule has 8 atom stereocenters. The Morgan fingerprint density at radius 1 is 1.07 bits per heavy atom. The van der Waals surface area contributed by atoms with Crippen LogP contribution < -0.4 is 5.73 Å². The van der Waals surface area contributed by atoms with Crippen molar-refractivity contribution in [2.75, 3.05) is 14.1 Å². The largest absolute Gasteiger partial charge is 0.393 e. The number of allylic oxidation sites excluding steroid dienone is 4. The monoisotopic (exact) mass is 400 g/mol. The predicted molar refractivity (Wildman–Crippen MR) is 121 cm³/mol. The summed E-state index contributed by atoms with van der Waals surface area (Å²) in [6.07, 6.45) is 11.8. The van der Waals surface area contributed by atoms with Crippen molar-refractivity contribution in [2.45, 2.75) is 91.3 Å². The molecule has 4 aliphatic carbocycles. The van der Waals surface area contributed by atoms with Gasteiger partial charge in [0.05, 0.1) is 6.10 Å². The topological polar surface area (TPSA) is 49.5 Å². The van der Waals surface area contributed by atoms with Crippen molar-refractivity contribution in [1.29, 1.82) is 0 Å². The molecule has 4 rings (SSSR count). The van der Waals surface area contributed by atoms with Crippen molar-refractivity contribution in [3.8, 4) is 0 Å². The minimum Gasteiger partial charge on any atom is -0.393 e. The molecule has 0 aromatic rings. The Kier molecular flexibility index (Phi) is 5.16. The fourth-order valence-corrected chi connectivity index (χ4v) is 8.69. The zero-order valence-corrected chi connectivity index (χ0v) is 19.8. The SMILES string of the molecule is CC(N)C1C(O)CC2(C)C3CCC4C(=CC3=CCC12C)CCC(N(C)C)C4(C)C. The molecular formula is C26H44N2O. The normalized spacial score (nSPS) is 47.4. The summed E-state index contributed by atoms with van der Waals surface area (Å²) >= 11 is 0. The molecule has 0 aromatic carbocycles. The maximum absolute atomic E-state index is 11.0. The van der Waals surface area contributed by atoms with E-state index < -0.39 is 0 Å². The summed E-state index contributed by atoms with van der Waals surface area (Å²) < 4.78 is 0. The first kappa shape index (κ1) is 21.6. The molecule has 0 spiro atoms. The van der Waals surface area contributed by atoms with E-state index in [4.69, 9.17) is 5.73 Å². The van der Waals surface area contributed by atoms with Gasteiger partial charge in [-0.05, 0) is 93.2 Å². The first-order valence-electron chi connectivity index (χ1n) is 11.9. The van der Waals surface area contributed by atoms with Crippen LogP contribution in [0, 0.1) is 34.0 Å². The lowest BCUT2D eigenvalue weighted by Crippen LogP contribution is -2.49. The molecule has 3 N–H and O–H groups in total. The minimum absolute atomic E-state index is 0.0401. The Balaban J connectivity index is 1.71. The molecule has 0 bridgehead atoms. The molecule has 0 amide bonds. The highest BCUT2D eigenvalue weighted by Gasteiger charge is 2.63. The number of rotatable bonds is 2. The fraction of sp³-hybridized carbons (Fsp3) is 0.846. The van der Waals surface area contributed by atoms with Gasteiger partial charge in [-0.3, -0.25) is 0 Å². The van der Waals surface area contributed by atoms with E-state index in [0.29, 0.717) is 23.3 Å². The van der Waals surface area contributed by atoms with Gasteiger partial charge in [0, 0.05) is 18.0 Å². The van der Waals surface area contributed by atoms with E-state index >= 15 is 0 Å². The lowest BCUT2D eigenvalue weighted by Gasteiger charge is -2.53. The van der Waals surface area contributed by atoms with Crippen molar-refractivity contribution in [3.05, 3.63) is 23.3 Å². The number of nitrogens with two attached hydrogens (primary N) is 1. The van der Waals surface area contributed by atoms with E-state index in [0.717, 1.165) is 12.8 Å². The number of fused-ring (bicyclic) bond motifs is 4. The molecule has 0 heterocycles. The smallest absolute Gasteiger partial charge is 0.0594 e. The van der Waals surface area contributed by atoms with Crippen molar-refractivity contribution < 1.29 is 5.11 Å². The third kappa shape index (κ3) is 2.94. The van der Waals surface area contributed by atoms with Crippen LogP contribution in [0.3, 0.4) is 0 Å². The molecule has 3 nitrogen and oxygen atoms in total.